The Balaban J connectivity index is 1.36. The van der Waals surface area contributed by atoms with Gasteiger partial charge < -0.3 is 5.11 Å². The summed E-state index contributed by atoms with van der Waals surface area (Å²) in [7, 11) is 0. The van der Waals surface area contributed by atoms with Crippen molar-refractivity contribution >= 4 is 11.0 Å². The third kappa shape index (κ3) is 6.60. The van der Waals surface area contributed by atoms with E-state index >= 15 is 0 Å². The molecule has 2 aromatic heterocycles. The number of rotatable bonds is 6. The summed E-state index contributed by atoms with van der Waals surface area (Å²) in [6, 6.07) is 52.7. The second kappa shape index (κ2) is 13.6. The van der Waals surface area contributed by atoms with Gasteiger partial charge >= 0.3 is 0 Å². The Morgan fingerprint density at radius 1 is 0.481 bits per heavy atom. The Labute approximate surface area is 318 Å². The Kier molecular flexibility index (Phi) is 8.78. The molecular formula is C50H45N3O. The van der Waals surface area contributed by atoms with Crippen molar-refractivity contribution in [1.82, 2.24) is 14.5 Å². The van der Waals surface area contributed by atoms with Gasteiger partial charge in [-0.05, 0) is 92.7 Å². The minimum Gasteiger partial charge on any atom is -0.507 e. The lowest BCUT2D eigenvalue weighted by molar-refractivity contribution is 0.477. The SMILES string of the molecule is CC(C)(C)c1ccc(-c2ccccc2-n2c(-c3ccccc3O)nc3c(-c4cc(-c5cc(-c6ccccc6)ccn5)cc(C(C)(C)C)c4)cccc32)cc1. The summed E-state index contributed by atoms with van der Waals surface area (Å²) >= 11 is 0. The molecule has 0 saturated heterocycles. The standard InChI is InChI=1S/C50H45N3O/c1-49(2,3)38-25-23-34(24-26-38)40-17-10-12-20-44(40)53-45-21-14-19-41(47(45)52-48(53)42-18-11-13-22-46(42)54)36-29-37(31-39(30-36)50(4,5)6)43-32-35(27-28-51-43)33-15-8-7-9-16-33/h7-32,54H,1-6H3. The molecular weight excluding hydrogens is 659 g/mol. The summed E-state index contributed by atoms with van der Waals surface area (Å²) in [6.07, 6.45) is 1.90. The number of phenolic OH excluding ortho intramolecular Hbond substituents is 1. The summed E-state index contributed by atoms with van der Waals surface area (Å²) in [6.45, 7) is 13.5. The first-order valence-corrected chi connectivity index (χ1v) is 18.6. The first kappa shape index (κ1) is 34.8. The quantitative estimate of drug-likeness (QED) is 0.188. The topological polar surface area (TPSA) is 50.9 Å². The fourth-order valence-electron chi connectivity index (χ4n) is 7.24. The number of pyridine rings is 1. The van der Waals surface area contributed by atoms with Gasteiger partial charge in [0.25, 0.3) is 0 Å². The highest BCUT2D eigenvalue weighted by Gasteiger charge is 2.23. The number of imidazole rings is 1. The van der Waals surface area contributed by atoms with E-state index in [2.05, 4.69) is 167 Å². The minimum atomic E-state index is -0.114. The number of hydrogen-bond donors (Lipinski definition) is 1. The van der Waals surface area contributed by atoms with Crippen LogP contribution < -0.4 is 0 Å². The maximum Gasteiger partial charge on any atom is 0.149 e. The second-order valence-electron chi connectivity index (χ2n) is 16.2. The minimum absolute atomic E-state index is 0.0535. The molecule has 2 heterocycles. The Morgan fingerprint density at radius 2 is 1.13 bits per heavy atom. The van der Waals surface area contributed by atoms with E-state index in [0.29, 0.717) is 11.4 Å². The van der Waals surface area contributed by atoms with Gasteiger partial charge in [-0.1, -0.05) is 145 Å². The van der Waals surface area contributed by atoms with Gasteiger partial charge in [-0.15, -0.1) is 0 Å². The molecule has 0 bridgehead atoms. The monoisotopic (exact) mass is 703 g/mol. The van der Waals surface area contributed by atoms with Crippen LogP contribution >= 0.6 is 0 Å². The third-order valence-corrected chi connectivity index (χ3v) is 10.3. The molecule has 8 aromatic rings. The normalized spacial score (nSPS) is 12.0. The van der Waals surface area contributed by atoms with E-state index in [1.54, 1.807) is 6.07 Å². The van der Waals surface area contributed by atoms with E-state index in [9.17, 15) is 5.11 Å². The molecule has 6 aromatic carbocycles. The lowest BCUT2D eigenvalue weighted by Crippen LogP contribution is -2.11. The molecule has 0 aliphatic heterocycles. The molecule has 0 fully saturated rings. The Morgan fingerprint density at radius 3 is 1.85 bits per heavy atom. The Hall–Kier alpha value is -6.26. The van der Waals surface area contributed by atoms with Crippen LogP contribution in [-0.4, -0.2) is 19.6 Å². The lowest BCUT2D eigenvalue weighted by Gasteiger charge is -2.22. The predicted octanol–water partition coefficient (Wildman–Crippen LogP) is 13.1. The number of benzene rings is 6. The van der Waals surface area contributed by atoms with Crippen LogP contribution in [0.5, 0.6) is 5.75 Å². The van der Waals surface area contributed by atoms with Gasteiger partial charge in [-0.2, -0.15) is 0 Å². The molecule has 0 saturated carbocycles. The van der Waals surface area contributed by atoms with Crippen molar-refractivity contribution in [3.63, 3.8) is 0 Å². The van der Waals surface area contributed by atoms with Crippen LogP contribution in [0.1, 0.15) is 52.7 Å². The maximum atomic E-state index is 11.3. The zero-order valence-electron chi connectivity index (χ0n) is 31.8. The van der Waals surface area contributed by atoms with Gasteiger partial charge in [0.1, 0.15) is 11.6 Å². The summed E-state index contributed by atoms with van der Waals surface area (Å²) in [5.41, 5.74) is 14.5. The maximum absolute atomic E-state index is 11.3. The van der Waals surface area contributed by atoms with Crippen LogP contribution in [0.15, 0.2) is 158 Å². The molecule has 4 heteroatoms. The predicted molar refractivity (Wildman–Crippen MR) is 225 cm³/mol. The highest BCUT2D eigenvalue weighted by atomic mass is 16.3. The number of phenols is 1. The van der Waals surface area contributed by atoms with E-state index in [-0.39, 0.29) is 16.6 Å². The molecule has 0 aliphatic rings. The van der Waals surface area contributed by atoms with Gasteiger partial charge in [-0.3, -0.25) is 9.55 Å². The van der Waals surface area contributed by atoms with E-state index < -0.39 is 0 Å². The lowest BCUT2D eigenvalue weighted by atomic mass is 9.83. The first-order chi connectivity index (χ1) is 26.0. The van der Waals surface area contributed by atoms with Gasteiger partial charge in [-0.25, -0.2) is 4.98 Å². The highest BCUT2D eigenvalue weighted by Crippen LogP contribution is 2.41. The van der Waals surface area contributed by atoms with Crippen LogP contribution in [0.25, 0.3) is 72.7 Å². The zero-order chi connectivity index (χ0) is 37.6. The van der Waals surface area contributed by atoms with Crippen molar-refractivity contribution in [3.05, 3.63) is 169 Å². The Bertz CT molecular complexity index is 2620. The van der Waals surface area contributed by atoms with Gasteiger partial charge in [0, 0.05) is 22.9 Å². The van der Waals surface area contributed by atoms with E-state index in [0.717, 1.165) is 61.4 Å². The zero-order valence-corrected chi connectivity index (χ0v) is 31.8. The number of nitrogens with zero attached hydrogens (tertiary/aromatic N) is 3. The van der Waals surface area contributed by atoms with Gasteiger partial charge in [0.15, 0.2) is 0 Å². The van der Waals surface area contributed by atoms with Crippen LogP contribution in [0.4, 0.5) is 0 Å². The molecule has 8 rings (SSSR count). The molecule has 266 valence electrons. The largest absolute Gasteiger partial charge is 0.507 e. The number of para-hydroxylation sites is 3. The van der Waals surface area contributed by atoms with Crippen LogP contribution in [0.2, 0.25) is 0 Å². The smallest absolute Gasteiger partial charge is 0.149 e. The fourth-order valence-corrected chi connectivity index (χ4v) is 7.24. The number of aromatic nitrogens is 3. The number of aromatic hydroxyl groups is 1. The van der Waals surface area contributed by atoms with Gasteiger partial charge in [0.2, 0.25) is 0 Å². The first-order valence-electron chi connectivity index (χ1n) is 18.6. The molecule has 0 unspecified atom stereocenters. The molecule has 54 heavy (non-hydrogen) atoms. The van der Waals surface area contributed by atoms with Crippen molar-refractivity contribution < 1.29 is 5.11 Å². The van der Waals surface area contributed by atoms with Crippen LogP contribution in [0.3, 0.4) is 0 Å². The number of hydrogen-bond acceptors (Lipinski definition) is 3. The molecule has 0 amide bonds. The molecule has 4 nitrogen and oxygen atoms in total. The average molecular weight is 704 g/mol. The van der Waals surface area contributed by atoms with Crippen molar-refractivity contribution in [2.24, 2.45) is 0 Å². The molecule has 0 spiro atoms. The third-order valence-electron chi connectivity index (χ3n) is 10.3. The van der Waals surface area contributed by atoms with Crippen molar-refractivity contribution in [2.45, 2.75) is 52.4 Å². The van der Waals surface area contributed by atoms with E-state index in [1.165, 1.54) is 11.1 Å². The van der Waals surface area contributed by atoms with E-state index in [1.807, 2.05) is 30.5 Å². The average Bonchev–Trinajstić information content (AvgIpc) is 3.57. The van der Waals surface area contributed by atoms with Crippen LogP contribution in [-0.2, 0) is 10.8 Å². The van der Waals surface area contributed by atoms with Crippen LogP contribution in [0, 0.1) is 0 Å². The van der Waals surface area contributed by atoms with Crippen molar-refractivity contribution in [2.75, 3.05) is 0 Å². The van der Waals surface area contributed by atoms with Gasteiger partial charge in [0.05, 0.1) is 28.0 Å². The highest BCUT2D eigenvalue weighted by molar-refractivity contribution is 5.97. The fraction of sp³-hybridized carbons (Fsp3) is 0.160. The second-order valence-corrected chi connectivity index (χ2v) is 16.2. The van der Waals surface area contributed by atoms with Crippen molar-refractivity contribution in [1.29, 1.82) is 0 Å². The molecule has 0 radical (unpaired) electrons. The summed E-state index contributed by atoms with van der Waals surface area (Å²) in [4.78, 5) is 10.3. The molecule has 0 atom stereocenters. The summed E-state index contributed by atoms with van der Waals surface area (Å²) < 4.78 is 2.21. The molecule has 1 N–H and O–H groups in total. The molecule has 0 aliphatic carbocycles. The summed E-state index contributed by atoms with van der Waals surface area (Å²) in [5.74, 6) is 0.864. The van der Waals surface area contributed by atoms with E-state index in [4.69, 9.17) is 9.97 Å². The summed E-state index contributed by atoms with van der Waals surface area (Å²) in [5, 5.41) is 11.3. The number of fused-ring (bicyclic) bond motifs is 1. The van der Waals surface area contributed by atoms with Crippen molar-refractivity contribution in [3.8, 4) is 67.5 Å².